The van der Waals surface area contributed by atoms with Crippen LogP contribution in [0.15, 0.2) is 54.6 Å². The van der Waals surface area contributed by atoms with Gasteiger partial charge in [-0.05, 0) is 34.9 Å². The fourth-order valence-corrected chi connectivity index (χ4v) is 4.29. The van der Waals surface area contributed by atoms with Gasteiger partial charge in [0.15, 0.2) is 0 Å². The fraction of sp³-hybridized carbons (Fsp3) is 0.333. The first-order chi connectivity index (χ1) is 12.1. The Hall–Kier alpha value is -2.62. The average molecular weight is 334 g/mol. The summed E-state index contributed by atoms with van der Waals surface area (Å²) in [5, 5.41) is 14.9. The van der Waals surface area contributed by atoms with Gasteiger partial charge in [0.1, 0.15) is 0 Å². The second-order valence-electron chi connectivity index (χ2n) is 7.29. The maximum Gasteiger partial charge on any atom is 0.269 e. The quantitative estimate of drug-likeness (QED) is 0.455. The lowest BCUT2D eigenvalue weighted by Crippen LogP contribution is -2.30. The Morgan fingerprint density at radius 2 is 2.00 bits per heavy atom. The number of fused-ring (bicyclic) bond motifs is 3. The molecule has 0 spiro atoms. The van der Waals surface area contributed by atoms with Crippen LogP contribution in [0.1, 0.15) is 54.8 Å². The van der Waals surface area contributed by atoms with Gasteiger partial charge >= 0.3 is 0 Å². The summed E-state index contributed by atoms with van der Waals surface area (Å²) in [5.41, 5.74) is 5.03. The number of nitrogens with one attached hydrogen (secondary N) is 1. The van der Waals surface area contributed by atoms with Crippen molar-refractivity contribution in [3.63, 3.8) is 0 Å². The molecule has 0 saturated carbocycles. The summed E-state index contributed by atoms with van der Waals surface area (Å²) >= 11 is 0. The topological polar surface area (TPSA) is 55.2 Å². The molecule has 2 aromatic carbocycles. The van der Waals surface area contributed by atoms with Gasteiger partial charge in [-0.15, -0.1) is 0 Å². The largest absolute Gasteiger partial charge is 0.377 e. The van der Waals surface area contributed by atoms with Gasteiger partial charge in [-0.2, -0.15) is 0 Å². The number of nitro groups is 1. The minimum absolute atomic E-state index is 0.0901. The van der Waals surface area contributed by atoms with E-state index in [0.29, 0.717) is 17.8 Å². The first-order valence-corrected chi connectivity index (χ1v) is 8.86. The van der Waals surface area contributed by atoms with E-state index in [1.165, 1.54) is 16.8 Å². The van der Waals surface area contributed by atoms with Crippen LogP contribution in [0.25, 0.3) is 0 Å². The number of nitrogens with zero attached hydrogens (tertiary/aromatic N) is 1. The van der Waals surface area contributed by atoms with Crippen LogP contribution in [0.5, 0.6) is 0 Å². The van der Waals surface area contributed by atoms with E-state index in [0.717, 1.165) is 12.0 Å². The molecule has 0 bridgehead atoms. The molecule has 0 unspecified atom stereocenters. The van der Waals surface area contributed by atoms with Crippen molar-refractivity contribution < 1.29 is 4.92 Å². The first kappa shape index (κ1) is 15.9. The monoisotopic (exact) mass is 334 g/mol. The van der Waals surface area contributed by atoms with Crippen molar-refractivity contribution in [1.82, 2.24) is 0 Å². The lowest BCUT2D eigenvalue weighted by Gasteiger charge is -2.39. The molecular weight excluding hydrogens is 312 g/mol. The van der Waals surface area contributed by atoms with Gasteiger partial charge in [-0.1, -0.05) is 56.3 Å². The van der Waals surface area contributed by atoms with Crippen LogP contribution in [0, 0.1) is 16.0 Å². The van der Waals surface area contributed by atoms with Gasteiger partial charge in [0.05, 0.1) is 11.0 Å². The molecular formula is C21H22N2O2. The van der Waals surface area contributed by atoms with Crippen LogP contribution in [0.3, 0.4) is 0 Å². The molecule has 25 heavy (non-hydrogen) atoms. The fourth-order valence-electron chi connectivity index (χ4n) is 4.29. The van der Waals surface area contributed by atoms with Crippen molar-refractivity contribution in [3.8, 4) is 0 Å². The Morgan fingerprint density at radius 1 is 1.20 bits per heavy atom. The van der Waals surface area contributed by atoms with Gasteiger partial charge < -0.3 is 5.32 Å². The number of rotatable bonds is 3. The van der Waals surface area contributed by atoms with Crippen molar-refractivity contribution in [2.45, 2.75) is 38.1 Å². The number of hydrogen-bond donors (Lipinski definition) is 1. The molecule has 1 N–H and O–H groups in total. The number of para-hydroxylation sites is 1. The predicted octanol–water partition coefficient (Wildman–Crippen LogP) is 5.54. The molecule has 1 aliphatic carbocycles. The van der Waals surface area contributed by atoms with Gasteiger partial charge in [0.2, 0.25) is 0 Å². The van der Waals surface area contributed by atoms with E-state index >= 15 is 0 Å². The molecule has 4 nitrogen and oxygen atoms in total. The second-order valence-corrected chi connectivity index (χ2v) is 7.29. The molecule has 0 radical (unpaired) electrons. The van der Waals surface area contributed by atoms with Gasteiger partial charge in [-0.3, -0.25) is 10.1 Å². The highest BCUT2D eigenvalue weighted by Gasteiger charge is 2.39. The lowest BCUT2D eigenvalue weighted by atomic mass is 9.75. The second kappa shape index (κ2) is 6.03. The molecule has 128 valence electrons. The van der Waals surface area contributed by atoms with Crippen LogP contribution < -0.4 is 5.32 Å². The van der Waals surface area contributed by atoms with E-state index in [1.54, 1.807) is 18.2 Å². The molecule has 3 atom stereocenters. The number of hydrogen-bond acceptors (Lipinski definition) is 3. The zero-order valence-electron chi connectivity index (χ0n) is 14.5. The third-order valence-corrected chi connectivity index (χ3v) is 5.49. The first-order valence-electron chi connectivity index (χ1n) is 8.86. The zero-order chi connectivity index (χ0) is 17.6. The maximum atomic E-state index is 11.2. The number of nitro benzene ring substituents is 1. The number of anilines is 1. The summed E-state index contributed by atoms with van der Waals surface area (Å²) in [6, 6.07) is 13.7. The molecule has 0 amide bonds. The van der Waals surface area contributed by atoms with Crippen molar-refractivity contribution in [1.29, 1.82) is 0 Å². The lowest BCUT2D eigenvalue weighted by molar-refractivity contribution is -0.384. The SMILES string of the molecule is CC(C)c1cccc2c1N[C@H](c1cccc([N+](=O)[O-])c1)[C@H]1CC=C[C@@H]21. The third-order valence-electron chi connectivity index (χ3n) is 5.49. The summed E-state index contributed by atoms with van der Waals surface area (Å²) in [5.74, 6) is 1.20. The van der Waals surface area contributed by atoms with E-state index in [-0.39, 0.29) is 16.7 Å². The van der Waals surface area contributed by atoms with E-state index in [2.05, 4.69) is 49.5 Å². The Balaban J connectivity index is 1.81. The molecule has 0 aromatic heterocycles. The Morgan fingerprint density at radius 3 is 2.76 bits per heavy atom. The zero-order valence-corrected chi connectivity index (χ0v) is 14.5. The van der Waals surface area contributed by atoms with Crippen molar-refractivity contribution in [2.24, 2.45) is 5.92 Å². The van der Waals surface area contributed by atoms with Gasteiger partial charge in [-0.25, -0.2) is 0 Å². The predicted molar refractivity (Wildman–Crippen MR) is 100.0 cm³/mol. The molecule has 4 heteroatoms. The molecule has 0 saturated heterocycles. The Kier molecular flexibility index (Phi) is 3.83. The van der Waals surface area contributed by atoms with Crippen LogP contribution in [-0.2, 0) is 0 Å². The third kappa shape index (κ3) is 2.62. The van der Waals surface area contributed by atoms with Crippen LogP contribution in [-0.4, -0.2) is 4.92 Å². The Bertz CT molecular complexity index is 857. The Labute approximate surface area is 147 Å². The maximum absolute atomic E-state index is 11.2. The number of non-ortho nitro benzene ring substituents is 1. The molecule has 0 fully saturated rings. The van der Waals surface area contributed by atoms with Crippen LogP contribution >= 0.6 is 0 Å². The van der Waals surface area contributed by atoms with Crippen molar-refractivity contribution >= 4 is 11.4 Å². The highest BCUT2D eigenvalue weighted by Crippen LogP contribution is 2.51. The molecule has 1 aliphatic heterocycles. The molecule has 2 aliphatic rings. The average Bonchev–Trinajstić information content (AvgIpc) is 3.10. The summed E-state index contributed by atoms with van der Waals surface area (Å²) in [6.07, 6.45) is 5.55. The number of allylic oxidation sites excluding steroid dienone is 2. The number of benzene rings is 2. The highest BCUT2D eigenvalue weighted by atomic mass is 16.6. The van der Waals surface area contributed by atoms with E-state index in [9.17, 15) is 10.1 Å². The van der Waals surface area contributed by atoms with E-state index in [4.69, 9.17) is 0 Å². The summed E-state index contributed by atoms with van der Waals surface area (Å²) in [6.45, 7) is 4.41. The molecule has 1 heterocycles. The summed E-state index contributed by atoms with van der Waals surface area (Å²) in [7, 11) is 0. The summed E-state index contributed by atoms with van der Waals surface area (Å²) < 4.78 is 0. The standard InChI is InChI=1S/C21H22N2O2/c1-13(2)16-8-4-11-19-17-9-5-10-18(17)20(22-21(16)19)14-6-3-7-15(12-14)23(24)25/h3-9,11-13,17-18,20,22H,10H2,1-2H3/t17-,18+,20-/m1/s1. The van der Waals surface area contributed by atoms with Crippen LogP contribution in [0.4, 0.5) is 11.4 Å². The molecule has 4 rings (SSSR count). The summed E-state index contributed by atoms with van der Waals surface area (Å²) in [4.78, 5) is 10.9. The van der Waals surface area contributed by atoms with Crippen LogP contribution in [0.2, 0.25) is 0 Å². The normalized spacial score (nSPS) is 23.9. The minimum Gasteiger partial charge on any atom is -0.377 e. The van der Waals surface area contributed by atoms with Gasteiger partial charge in [0, 0.05) is 23.7 Å². The van der Waals surface area contributed by atoms with E-state index in [1.807, 2.05) is 6.07 Å². The minimum atomic E-state index is -0.315. The van der Waals surface area contributed by atoms with E-state index < -0.39 is 0 Å². The van der Waals surface area contributed by atoms with Crippen molar-refractivity contribution in [3.05, 3.63) is 81.4 Å². The molecule has 2 aromatic rings. The van der Waals surface area contributed by atoms with Gasteiger partial charge in [0.25, 0.3) is 5.69 Å². The highest BCUT2D eigenvalue weighted by molar-refractivity contribution is 5.65. The van der Waals surface area contributed by atoms with Crippen molar-refractivity contribution in [2.75, 3.05) is 5.32 Å². The smallest absolute Gasteiger partial charge is 0.269 e.